The van der Waals surface area contributed by atoms with E-state index in [1.165, 1.54) is 11.3 Å². The Morgan fingerprint density at radius 1 is 1.50 bits per heavy atom. The predicted molar refractivity (Wildman–Crippen MR) is 86.0 cm³/mol. The fourth-order valence-electron chi connectivity index (χ4n) is 2.49. The summed E-state index contributed by atoms with van der Waals surface area (Å²) in [5.41, 5.74) is 1.58. The van der Waals surface area contributed by atoms with Crippen LogP contribution in [0.1, 0.15) is 28.7 Å². The number of rotatable bonds is 3. The predicted octanol–water partition coefficient (Wildman–Crippen LogP) is 2.76. The van der Waals surface area contributed by atoms with Crippen LogP contribution in [0.5, 0.6) is 0 Å². The van der Waals surface area contributed by atoms with E-state index in [2.05, 4.69) is 16.9 Å². The van der Waals surface area contributed by atoms with Crippen LogP contribution in [0.4, 0.5) is 0 Å². The number of pyridine rings is 1. The number of morpholine rings is 1. The Balaban J connectivity index is 1.83. The highest BCUT2D eigenvalue weighted by Gasteiger charge is 2.27. The van der Waals surface area contributed by atoms with Gasteiger partial charge in [-0.2, -0.15) is 0 Å². The van der Waals surface area contributed by atoms with Crippen molar-refractivity contribution in [3.05, 3.63) is 35.0 Å². The monoisotopic (exact) mass is 317 g/mol. The molecule has 1 atom stereocenters. The Morgan fingerprint density at radius 2 is 2.36 bits per heavy atom. The van der Waals surface area contributed by atoms with E-state index in [0.717, 1.165) is 22.8 Å². The van der Waals surface area contributed by atoms with Crippen LogP contribution in [0.15, 0.2) is 24.4 Å². The molecular weight excluding hydrogens is 298 g/mol. The van der Waals surface area contributed by atoms with E-state index in [4.69, 9.17) is 4.74 Å². The molecule has 2 aromatic rings. The number of amides is 1. The van der Waals surface area contributed by atoms with Gasteiger partial charge in [0.15, 0.2) is 0 Å². The molecule has 1 saturated heterocycles. The standard InChI is InChI=1S/C16H19N3O2S/c1-3-12-10-19(8-9-21-12)16(20)14-11(2)18-15(22-14)13-6-4-5-7-17-13/h4-7,12H,3,8-10H2,1-2H3/t12-/m1/s1. The third-order valence-electron chi connectivity index (χ3n) is 3.76. The summed E-state index contributed by atoms with van der Waals surface area (Å²) in [6, 6.07) is 5.71. The topological polar surface area (TPSA) is 55.3 Å². The molecule has 5 nitrogen and oxygen atoms in total. The smallest absolute Gasteiger partial charge is 0.266 e. The maximum Gasteiger partial charge on any atom is 0.266 e. The maximum absolute atomic E-state index is 12.7. The van der Waals surface area contributed by atoms with Crippen molar-refractivity contribution < 1.29 is 9.53 Å². The summed E-state index contributed by atoms with van der Waals surface area (Å²) in [4.78, 5) is 24.1. The zero-order valence-electron chi connectivity index (χ0n) is 12.8. The van der Waals surface area contributed by atoms with Gasteiger partial charge >= 0.3 is 0 Å². The number of aromatic nitrogens is 2. The first kappa shape index (κ1) is 15.1. The molecular formula is C16H19N3O2S. The van der Waals surface area contributed by atoms with Crippen molar-refractivity contribution in [3.8, 4) is 10.7 Å². The minimum Gasteiger partial charge on any atom is -0.375 e. The Labute approximate surface area is 134 Å². The highest BCUT2D eigenvalue weighted by molar-refractivity contribution is 7.17. The second kappa shape index (κ2) is 6.54. The van der Waals surface area contributed by atoms with E-state index in [-0.39, 0.29) is 12.0 Å². The molecule has 2 aromatic heterocycles. The molecule has 0 bridgehead atoms. The van der Waals surface area contributed by atoms with Crippen molar-refractivity contribution in [2.45, 2.75) is 26.4 Å². The average Bonchev–Trinajstić information content (AvgIpc) is 2.97. The van der Waals surface area contributed by atoms with Crippen molar-refractivity contribution in [3.63, 3.8) is 0 Å². The molecule has 0 saturated carbocycles. The summed E-state index contributed by atoms with van der Waals surface area (Å²) < 4.78 is 5.63. The van der Waals surface area contributed by atoms with Crippen LogP contribution < -0.4 is 0 Å². The van der Waals surface area contributed by atoms with Gasteiger partial charge in [-0.1, -0.05) is 13.0 Å². The molecule has 3 rings (SSSR count). The summed E-state index contributed by atoms with van der Waals surface area (Å²) in [7, 11) is 0. The van der Waals surface area contributed by atoms with Gasteiger partial charge in [-0.15, -0.1) is 11.3 Å². The lowest BCUT2D eigenvalue weighted by Gasteiger charge is -2.32. The van der Waals surface area contributed by atoms with Crippen LogP contribution in [0.3, 0.4) is 0 Å². The number of ether oxygens (including phenoxy) is 1. The molecule has 0 N–H and O–H groups in total. The highest BCUT2D eigenvalue weighted by Crippen LogP contribution is 2.28. The van der Waals surface area contributed by atoms with Crippen molar-refractivity contribution in [2.24, 2.45) is 0 Å². The minimum absolute atomic E-state index is 0.0546. The Bertz CT molecular complexity index is 657. The first-order chi connectivity index (χ1) is 10.7. The molecule has 0 unspecified atom stereocenters. The van der Waals surface area contributed by atoms with E-state index in [1.807, 2.05) is 30.0 Å². The molecule has 1 aliphatic rings. The summed E-state index contributed by atoms with van der Waals surface area (Å²) in [6.07, 6.45) is 2.80. The van der Waals surface area contributed by atoms with E-state index >= 15 is 0 Å². The van der Waals surface area contributed by atoms with E-state index in [9.17, 15) is 4.79 Å². The van der Waals surface area contributed by atoms with Crippen LogP contribution in [0, 0.1) is 6.92 Å². The fraction of sp³-hybridized carbons (Fsp3) is 0.438. The van der Waals surface area contributed by atoms with Gasteiger partial charge in [-0.25, -0.2) is 4.98 Å². The fourth-order valence-corrected chi connectivity index (χ4v) is 3.50. The Morgan fingerprint density at radius 3 is 3.09 bits per heavy atom. The van der Waals surface area contributed by atoms with Crippen LogP contribution in [-0.2, 0) is 4.74 Å². The molecule has 0 aliphatic carbocycles. The third-order valence-corrected chi connectivity index (χ3v) is 4.92. The molecule has 1 aliphatic heterocycles. The third kappa shape index (κ3) is 3.03. The highest BCUT2D eigenvalue weighted by atomic mass is 32.1. The quantitative estimate of drug-likeness (QED) is 0.873. The zero-order valence-corrected chi connectivity index (χ0v) is 13.6. The van der Waals surface area contributed by atoms with E-state index in [1.54, 1.807) is 6.20 Å². The van der Waals surface area contributed by atoms with Gasteiger partial charge in [-0.05, 0) is 25.5 Å². The maximum atomic E-state index is 12.7. The molecule has 0 spiro atoms. The Kier molecular flexibility index (Phi) is 4.49. The van der Waals surface area contributed by atoms with Gasteiger partial charge in [0, 0.05) is 19.3 Å². The lowest BCUT2D eigenvalue weighted by Crippen LogP contribution is -2.45. The minimum atomic E-state index is 0.0546. The number of thiazole rings is 1. The molecule has 1 fully saturated rings. The van der Waals surface area contributed by atoms with Crippen LogP contribution >= 0.6 is 11.3 Å². The summed E-state index contributed by atoms with van der Waals surface area (Å²) >= 11 is 1.42. The average molecular weight is 317 g/mol. The second-order valence-electron chi connectivity index (χ2n) is 5.30. The summed E-state index contributed by atoms with van der Waals surface area (Å²) in [6.45, 7) is 5.87. The number of hydrogen-bond acceptors (Lipinski definition) is 5. The van der Waals surface area contributed by atoms with Gasteiger partial charge in [0.2, 0.25) is 0 Å². The molecule has 116 valence electrons. The van der Waals surface area contributed by atoms with Gasteiger partial charge in [0.1, 0.15) is 9.88 Å². The molecule has 0 radical (unpaired) electrons. The van der Waals surface area contributed by atoms with E-state index < -0.39 is 0 Å². The number of nitrogens with zero attached hydrogens (tertiary/aromatic N) is 3. The SMILES string of the molecule is CC[C@@H]1CN(C(=O)c2sc(-c3ccccn3)nc2C)CCO1. The molecule has 22 heavy (non-hydrogen) atoms. The summed E-state index contributed by atoms with van der Waals surface area (Å²) in [5, 5.41) is 0.793. The number of aryl methyl sites for hydroxylation is 1. The van der Waals surface area contributed by atoms with E-state index in [0.29, 0.717) is 24.6 Å². The van der Waals surface area contributed by atoms with Crippen LogP contribution in [0.25, 0.3) is 10.7 Å². The van der Waals surface area contributed by atoms with Gasteiger partial charge in [-0.3, -0.25) is 9.78 Å². The lowest BCUT2D eigenvalue weighted by molar-refractivity contribution is -0.0224. The molecule has 0 aromatic carbocycles. The summed E-state index contributed by atoms with van der Waals surface area (Å²) in [5.74, 6) is 0.0546. The van der Waals surface area contributed by atoms with Crippen molar-refractivity contribution in [1.29, 1.82) is 0 Å². The Hall–Kier alpha value is -1.79. The normalized spacial score (nSPS) is 18.5. The molecule has 3 heterocycles. The number of hydrogen-bond donors (Lipinski definition) is 0. The van der Waals surface area contributed by atoms with Gasteiger partial charge in [0.05, 0.1) is 24.1 Å². The van der Waals surface area contributed by atoms with Crippen LogP contribution in [-0.4, -0.2) is 46.6 Å². The van der Waals surface area contributed by atoms with Crippen LogP contribution in [0.2, 0.25) is 0 Å². The molecule has 1 amide bonds. The number of carbonyl (C=O) groups excluding carboxylic acids is 1. The van der Waals surface area contributed by atoms with Gasteiger partial charge < -0.3 is 9.64 Å². The van der Waals surface area contributed by atoms with Gasteiger partial charge in [0.25, 0.3) is 5.91 Å². The molecule has 6 heteroatoms. The van der Waals surface area contributed by atoms with Crippen molar-refractivity contribution in [2.75, 3.05) is 19.7 Å². The zero-order chi connectivity index (χ0) is 15.5. The van der Waals surface area contributed by atoms with Crippen molar-refractivity contribution >= 4 is 17.2 Å². The number of carbonyl (C=O) groups is 1. The largest absolute Gasteiger partial charge is 0.375 e. The lowest BCUT2D eigenvalue weighted by atomic mass is 10.2. The first-order valence-electron chi connectivity index (χ1n) is 7.48. The first-order valence-corrected chi connectivity index (χ1v) is 8.30. The second-order valence-corrected chi connectivity index (χ2v) is 6.30. The van der Waals surface area contributed by atoms with Crippen molar-refractivity contribution in [1.82, 2.24) is 14.9 Å².